The number of aliphatic imine (C=N–C) groups is 1. The Hall–Kier alpha value is -3.86. The van der Waals surface area contributed by atoms with Crippen molar-refractivity contribution < 1.29 is 29.0 Å². The Kier molecular flexibility index (Phi) is 9.78. The van der Waals surface area contributed by atoms with Gasteiger partial charge in [0, 0.05) is 29.1 Å². The number of hydrogen-bond donors (Lipinski definition) is 2. The minimum absolute atomic E-state index is 0.135. The maximum Gasteiger partial charge on any atom is 0.326 e. The van der Waals surface area contributed by atoms with Gasteiger partial charge >= 0.3 is 12.0 Å². The number of nitrogens with zero attached hydrogens (tertiary/aromatic N) is 3. The van der Waals surface area contributed by atoms with E-state index < -0.39 is 47.3 Å². The van der Waals surface area contributed by atoms with Crippen molar-refractivity contribution in [3.05, 3.63) is 86.4 Å². The number of carboxylic acids is 1. The number of rotatable bonds is 7. The Morgan fingerprint density at radius 1 is 1.11 bits per heavy atom. The fourth-order valence-corrected chi connectivity index (χ4v) is 7.06. The number of ketones is 1. The summed E-state index contributed by atoms with van der Waals surface area (Å²) < 4.78 is 6.35. The number of carbonyl (C=O) groups excluding carboxylic acids is 3. The Balaban J connectivity index is 1.74. The van der Waals surface area contributed by atoms with Crippen molar-refractivity contribution in [2.75, 3.05) is 19.6 Å². The van der Waals surface area contributed by atoms with Crippen molar-refractivity contribution in [3.63, 3.8) is 0 Å². The molecule has 1 aliphatic carbocycles. The van der Waals surface area contributed by atoms with E-state index in [0.717, 1.165) is 5.56 Å². The van der Waals surface area contributed by atoms with Crippen LogP contribution in [0.15, 0.2) is 74.7 Å². The van der Waals surface area contributed by atoms with Crippen molar-refractivity contribution >= 4 is 64.3 Å². The van der Waals surface area contributed by atoms with E-state index in [1.165, 1.54) is 17.0 Å². The van der Waals surface area contributed by atoms with E-state index in [9.17, 15) is 24.3 Å². The molecule has 2 aromatic rings. The smallest absolute Gasteiger partial charge is 0.326 e. The van der Waals surface area contributed by atoms with Crippen LogP contribution in [0.2, 0.25) is 0 Å². The van der Waals surface area contributed by atoms with Gasteiger partial charge in [-0.2, -0.15) is 0 Å². The number of halogens is 3. The molecular weight excluding hydrogens is 667 g/mol. The molecule has 1 saturated heterocycles. The lowest BCUT2D eigenvalue weighted by Crippen LogP contribution is -2.59. The van der Waals surface area contributed by atoms with Gasteiger partial charge < -0.3 is 20.1 Å². The molecule has 2 heterocycles. The molecule has 0 radical (unpaired) electrons. The van der Waals surface area contributed by atoms with Crippen LogP contribution in [0.25, 0.3) is 0 Å². The fraction of sp³-hybridized carbons (Fsp3) is 0.382. The summed E-state index contributed by atoms with van der Waals surface area (Å²) in [6, 6.07) is 12.3. The van der Waals surface area contributed by atoms with E-state index in [0.29, 0.717) is 10.6 Å². The summed E-state index contributed by atoms with van der Waals surface area (Å²) in [5.74, 6) is -1.66. The van der Waals surface area contributed by atoms with E-state index in [-0.39, 0.29) is 59.2 Å². The van der Waals surface area contributed by atoms with Gasteiger partial charge in [0.25, 0.3) is 0 Å². The largest absolute Gasteiger partial charge is 0.487 e. The normalized spacial score (nSPS) is 23.3. The molecule has 248 valence electrons. The van der Waals surface area contributed by atoms with Crippen molar-refractivity contribution in [1.82, 2.24) is 15.1 Å². The van der Waals surface area contributed by atoms with Crippen LogP contribution in [0, 0.1) is 5.41 Å². The molecule has 0 saturated carbocycles. The topological polar surface area (TPSA) is 129 Å². The molecule has 2 N–H and O–H groups in total. The number of benzene rings is 2. The molecule has 3 amide bonds. The summed E-state index contributed by atoms with van der Waals surface area (Å²) >= 11 is 19.7. The quantitative estimate of drug-likeness (QED) is 0.252. The summed E-state index contributed by atoms with van der Waals surface area (Å²) in [6.07, 6.45) is 1.35. The summed E-state index contributed by atoms with van der Waals surface area (Å²) in [5.41, 5.74) is -0.290. The highest BCUT2D eigenvalue weighted by molar-refractivity contribution is 6.48. The molecule has 3 atom stereocenters. The van der Waals surface area contributed by atoms with Gasteiger partial charge in [0.15, 0.2) is 5.78 Å². The van der Waals surface area contributed by atoms with Crippen molar-refractivity contribution in [1.29, 1.82) is 0 Å². The predicted octanol–water partition coefficient (Wildman–Crippen LogP) is 6.47. The van der Waals surface area contributed by atoms with Crippen LogP contribution in [-0.2, 0) is 9.59 Å². The second-order valence-corrected chi connectivity index (χ2v) is 14.2. The average Bonchev–Trinajstić information content (AvgIpc) is 3.40. The first-order valence-corrected chi connectivity index (χ1v) is 16.2. The lowest BCUT2D eigenvalue weighted by Gasteiger charge is -2.44. The molecular formula is C34H35Cl3N4O6. The highest BCUT2D eigenvalue weighted by atomic mass is 35.5. The molecule has 2 aliphatic heterocycles. The van der Waals surface area contributed by atoms with Crippen molar-refractivity contribution in [3.8, 4) is 5.75 Å². The van der Waals surface area contributed by atoms with Crippen LogP contribution >= 0.6 is 34.8 Å². The monoisotopic (exact) mass is 700 g/mol. The molecule has 3 aliphatic rings. The highest BCUT2D eigenvalue weighted by Gasteiger charge is 2.53. The molecule has 1 fully saturated rings. The van der Waals surface area contributed by atoms with Crippen LogP contribution in [0.4, 0.5) is 4.79 Å². The van der Waals surface area contributed by atoms with Crippen LogP contribution < -0.4 is 10.1 Å². The SMILES string of the molecule is CC(C)(C)Oc1cc(C(=O)CC(=O)O)ccc1C1=NC(c2ccccc2)C(C2(C)C=C(Cl)C(Cl)=C(Cl)C2)N1C(=O)N1CCNC(=O)C1. The van der Waals surface area contributed by atoms with Gasteiger partial charge in [-0.1, -0.05) is 84.2 Å². The molecule has 3 unspecified atom stereocenters. The molecule has 5 rings (SSSR count). The average molecular weight is 702 g/mol. The van der Waals surface area contributed by atoms with Gasteiger partial charge in [-0.3, -0.25) is 24.3 Å². The van der Waals surface area contributed by atoms with E-state index in [1.807, 2.05) is 58.0 Å². The highest BCUT2D eigenvalue weighted by Crippen LogP contribution is 2.52. The van der Waals surface area contributed by atoms with Gasteiger partial charge in [-0.15, -0.1) is 0 Å². The number of piperazine rings is 1. The summed E-state index contributed by atoms with van der Waals surface area (Å²) in [6.45, 7) is 7.82. The lowest BCUT2D eigenvalue weighted by atomic mass is 9.72. The number of amidine groups is 1. The van der Waals surface area contributed by atoms with Crippen molar-refractivity contribution in [2.45, 2.75) is 58.2 Å². The fourth-order valence-electron chi connectivity index (χ4n) is 6.13. The molecule has 0 aromatic heterocycles. The molecule has 0 spiro atoms. The number of amides is 3. The number of nitrogens with one attached hydrogen (secondary N) is 1. The summed E-state index contributed by atoms with van der Waals surface area (Å²) in [4.78, 5) is 59.6. The van der Waals surface area contributed by atoms with Crippen LogP contribution in [0.1, 0.15) is 68.1 Å². The second-order valence-electron chi connectivity index (χ2n) is 13.0. The molecule has 2 aromatic carbocycles. The molecule has 0 bridgehead atoms. The minimum Gasteiger partial charge on any atom is -0.487 e. The van der Waals surface area contributed by atoms with Crippen LogP contribution in [0.3, 0.4) is 0 Å². The number of hydrogen-bond acceptors (Lipinski definition) is 6. The van der Waals surface area contributed by atoms with E-state index in [2.05, 4.69) is 5.32 Å². The number of ether oxygens (including phenoxy) is 1. The third kappa shape index (κ3) is 7.35. The number of urea groups is 1. The number of Topliss-reactive ketones (excluding diaryl/α,β-unsaturated/α-hetero) is 1. The van der Waals surface area contributed by atoms with E-state index in [4.69, 9.17) is 44.5 Å². The second kappa shape index (κ2) is 13.3. The van der Waals surface area contributed by atoms with E-state index >= 15 is 0 Å². The van der Waals surface area contributed by atoms with Gasteiger partial charge in [0.05, 0.1) is 27.7 Å². The maximum atomic E-state index is 14.7. The summed E-state index contributed by atoms with van der Waals surface area (Å²) in [7, 11) is 0. The molecule has 10 nitrogen and oxygen atoms in total. The van der Waals surface area contributed by atoms with Gasteiger partial charge in [-0.25, -0.2) is 4.79 Å². The first-order valence-electron chi connectivity index (χ1n) is 15.1. The third-order valence-corrected chi connectivity index (χ3v) is 9.36. The number of allylic oxidation sites excluding steroid dienone is 3. The maximum absolute atomic E-state index is 14.7. The van der Waals surface area contributed by atoms with Crippen molar-refractivity contribution in [2.24, 2.45) is 10.4 Å². The zero-order chi connectivity index (χ0) is 34.3. The molecule has 47 heavy (non-hydrogen) atoms. The van der Waals surface area contributed by atoms with Gasteiger partial charge in [0.1, 0.15) is 30.2 Å². The Bertz CT molecular complexity index is 1720. The number of carbonyl (C=O) groups is 4. The predicted molar refractivity (Wildman–Crippen MR) is 180 cm³/mol. The standard InChI is InChI=1S/C34H35Cl3N4O6/c1-33(2,3)47-25-14-20(24(42)15-27(44)45)10-11-21(25)31-39-29(19-8-6-5-7-9-19)30(34(4)16-22(35)28(37)23(36)17-34)41(31)32(46)40-13-12-38-26(43)18-40/h5-11,14,16,29-30H,12-13,15,17-18H2,1-4H3,(H,38,43)(H,44,45). The van der Waals surface area contributed by atoms with Crippen LogP contribution in [-0.4, -0.2) is 75.7 Å². The zero-order valence-electron chi connectivity index (χ0n) is 26.4. The minimum atomic E-state index is -1.26. The Labute approximate surface area is 288 Å². The molecule has 13 heteroatoms. The number of carboxylic acid groups (broad SMARTS) is 1. The zero-order valence-corrected chi connectivity index (χ0v) is 28.6. The Morgan fingerprint density at radius 3 is 2.43 bits per heavy atom. The first-order chi connectivity index (χ1) is 22.1. The van der Waals surface area contributed by atoms with Crippen LogP contribution in [0.5, 0.6) is 5.75 Å². The van der Waals surface area contributed by atoms with Gasteiger partial charge in [0.2, 0.25) is 5.91 Å². The first kappa shape index (κ1) is 34.5. The number of aliphatic carboxylic acids is 1. The third-order valence-electron chi connectivity index (χ3n) is 8.11. The van der Waals surface area contributed by atoms with Gasteiger partial charge in [-0.05, 0) is 44.9 Å². The van der Waals surface area contributed by atoms with E-state index in [1.54, 1.807) is 17.0 Å². The summed E-state index contributed by atoms with van der Waals surface area (Å²) in [5, 5.41) is 12.8. The lowest BCUT2D eigenvalue weighted by molar-refractivity contribution is -0.136. The Morgan fingerprint density at radius 2 is 1.81 bits per heavy atom.